The molecule has 1 aromatic rings. The highest BCUT2D eigenvalue weighted by Crippen LogP contribution is 2.24. The molecule has 2 atom stereocenters. The van der Waals surface area contributed by atoms with Gasteiger partial charge in [0.2, 0.25) is 5.91 Å². The first-order chi connectivity index (χ1) is 10.5. The van der Waals surface area contributed by atoms with Gasteiger partial charge in [-0.05, 0) is 30.9 Å². The quantitative estimate of drug-likeness (QED) is 0.606. The molecule has 1 saturated heterocycles. The molecule has 0 saturated carbocycles. The number of hydrogen-bond acceptors (Lipinski definition) is 5. The van der Waals surface area contributed by atoms with Gasteiger partial charge < -0.3 is 15.7 Å². The number of nitrogens with zero attached hydrogens (tertiary/aromatic N) is 2. The molecule has 22 heavy (non-hydrogen) atoms. The van der Waals surface area contributed by atoms with Gasteiger partial charge in [-0.2, -0.15) is 0 Å². The number of hydrogen-bond donors (Lipinski definition) is 2. The highest BCUT2D eigenvalue weighted by Gasteiger charge is 2.23. The number of piperidine rings is 1. The van der Waals surface area contributed by atoms with Crippen LogP contribution in [0.15, 0.2) is 24.3 Å². The number of carbonyl (C=O) groups is 1. The van der Waals surface area contributed by atoms with Crippen LogP contribution in [0.4, 0.5) is 5.69 Å². The fourth-order valence-electron chi connectivity index (χ4n) is 2.96. The Bertz CT molecular complexity index is 549. The summed E-state index contributed by atoms with van der Waals surface area (Å²) in [6.07, 6.45) is 1.50. The predicted molar refractivity (Wildman–Crippen MR) is 81.0 cm³/mol. The minimum atomic E-state index is -0.785. The van der Waals surface area contributed by atoms with Crippen molar-refractivity contribution in [3.8, 4) is 0 Å². The summed E-state index contributed by atoms with van der Waals surface area (Å²) in [6.45, 7) is 1.96. The first kappa shape index (κ1) is 16.4. The highest BCUT2D eigenvalue weighted by molar-refractivity contribution is 5.74. The Hall–Kier alpha value is -1.99. The van der Waals surface area contributed by atoms with Crippen LogP contribution < -0.4 is 5.73 Å². The van der Waals surface area contributed by atoms with E-state index in [9.17, 15) is 20.0 Å². The number of nitro benzene ring substituents is 1. The Kier molecular flexibility index (Phi) is 5.46. The van der Waals surface area contributed by atoms with E-state index >= 15 is 0 Å². The molecule has 7 nitrogen and oxygen atoms in total. The molecule has 3 N–H and O–H groups in total. The highest BCUT2D eigenvalue weighted by atomic mass is 16.6. The Balaban J connectivity index is 1.96. The second kappa shape index (κ2) is 7.33. The van der Waals surface area contributed by atoms with Crippen LogP contribution in [-0.4, -0.2) is 40.5 Å². The van der Waals surface area contributed by atoms with Crippen LogP contribution in [0.25, 0.3) is 0 Å². The minimum Gasteiger partial charge on any atom is -0.387 e. The third-order valence-electron chi connectivity index (χ3n) is 3.99. The molecule has 1 aromatic carbocycles. The largest absolute Gasteiger partial charge is 0.387 e. The third kappa shape index (κ3) is 4.51. The standard InChI is InChI=1S/C15H21N3O4/c16-15(20)7-11-3-2-6-17(9-11)10-14(19)12-4-1-5-13(8-12)18(21)22/h1,4-5,8,11,14,19H,2-3,6-7,9-10H2,(H2,16,20). The number of amides is 1. The number of β-amino-alcohol motifs (C(OH)–C–C–N with tert-alkyl or cyclic N) is 1. The summed E-state index contributed by atoms with van der Waals surface area (Å²) in [7, 11) is 0. The predicted octanol–water partition coefficient (Wildman–Crippen LogP) is 1.22. The van der Waals surface area contributed by atoms with Crippen molar-refractivity contribution in [3.05, 3.63) is 39.9 Å². The van der Waals surface area contributed by atoms with Gasteiger partial charge in [0.05, 0.1) is 11.0 Å². The van der Waals surface area contributed by atoms with E-state index < -0.39 is 11.0 Å². The van der Waals surface area contributed by atoms with Crippen molar-refractivity contribution in [2.45, 2.75) is 25.4 Å². The molecule has 0 bridgehead atoms. The first-order valence-corrected chi connectivity index (χ1v) is 7.39. The van der Waals surface area contributed by atoms with Gasteiger partial charge in [-0.1, -0.05) is 12.1 Å². The lowest BCUT2D eigenvalue weighted by Gasteiger charge is -2.33. The lowest BCUT2D eigenvalue weighted by atomic mass is 9.94. The summed E-state index contributed by atoms with van der Waals surface area (Å²) in [5.41, 5.74) is 5.74. The van der Waals surface area contributed by atoms with Crippen LogP contribution in [0, 0.1) is 16.0 Å². The summed E-state index contributed by atoms with van der Waals surface area (Å²) in [4.78, 5) is 23.4. The zero-order valence-electron chi connectivity index (χ0n) is 12.4. The van der Waals surface area contributed by atoms with E-state index in [0.717, 1.165) is 25.9 Å². The number of benzene rings is 1. The molecule has 0 spiro atoms. The zero-order chi connectivity index (χ0) is 16.1. The number of carbonyl (C=O) groups excluding carboxylic acids is 1. The maximum Gasteiger partial charge on any atom is 0.269 e. The van der Waals surface area contributed by atoms with Crippen molar-refractivity contribution >= 4 is 11.6 Å². The molecule has 1 fully saturated rings. The summed E-state index contributed by atoms with van der Waals surface area (Å²) in [6, 6.07) is 6.06. The van der Waals surface area contributed by atoms with Gasteiger partial charge in [-0.15, -0.1) is 0 Å². The van der Waals surface area contributed by atoms with Crippen LogP contribution in [0.5, 0.6) is 0 Å². The Morgan fingerprint density at radius 2 is 2.32 bits per heavy atom. The SMILES string of the molecule is NC(=O)CC1CCCN(CC(O)c2cccc([N+](=O)[O-])c2)C1. The maximum absolute atomic E-state index is 11.0. The van der Waals surface area contributed by atoms with Gasteiger partial charge in [0, 0.05) is 31.6 Å². The van der Waals surface area contributed by atoms with E-state index in [-0.39, 0.29) is 17.5 Å². The molecule has 1 aliphatic rings. The lowest BCUT2D eigenvalue weighted by molar-refractivity contribution is -0.385. The van der Waals surface area contributed by atoms with Crippen LogP contribution in [0.1, 0.15) is 30.9 Å². The molecule has 0 radical (unpaired) electrons. The molecule has 0 aromatic heterocycles. The summed E-state index contributed by atoms with van der Waals surface area (Å²) >= 11 is 0. The fraction of sp³-hybridized carbons (Fsp3) is 0.533. The molecule has 0 aliphatic carbocycles. The molecule has 1 aliphatic heterocycles. The van der Waals surface area contributed by atoms with E-state index in [1.807, 2.05) is 0 Å². The van der Waals surface area contributed by atoms with E-state index in [4.69, 9.17) is 5.73 Å². The van der Waals surface area contributed by atoms with Crippen molar-refractivity contribution in [1.29, 1.82) is 0 Å². The van der Waals surface area contributed by atoms with Crippen molar-refractivity contribution < 1.29 is 14.8 Å². The van der Waals surface area contributed by atoms with Crippen molar-refractivity contribution in [3.63, 3.8) is 0 Å². The first-order valence-electron chi connectivity index (χ1n) is 7.39. The maximum atomic E-state index is 11.0. The Morgan fingerprint density at radius 1 is 1.55 bits per heavy atom. The van der Waals surface area contributed by atoms with Crippen molar-refractivity contribution in [2.75, 3.05) is 19.6 Å². The number of non-ortho nitro benzene ring substituents is 1. The van der Waals surface area contributed by atoms with E-state index in [1.165, 1.54) is 12.1 Å². The third-order valence-corrected chi connectivity index (χ3v) is 3.99. The van der Waals surface area contributed by atoms with Gasteiger partial charge in [0.15, 0.2) is 0 Å². The molecule has 2 rings (SSSR count). The Labute approximate surface area is 128 Å². The van der Waals surface area contributed by atoms with Gasteiger partial charge in [-0.3, -0.25) is 14.9 Å². The molecule has 120 valence electrons. The number of likely N-dealkylation sites (tertiary alicyclic amines) is 1. The average Bonchev–Trinajstić information content (AvgIpc) is 2.47. The number of primary amides is 1. The summed E-state index contributed by atoms with van der Waals surface area (Å²) in [5, 5.41) is 21.1. The molecular formula is C15H21N3O4. The molecule has 2 unspecified atom stereocenters. The van der Waals surface area contributed by atoms with Crippen molar-refractivity contribution in [1.82, 2.24) is 4.90 Å². The minimum absolute atomic E-state index is 0.0261. The molecule has 7 heteroatoms. The van der Waals surface area contributed by atoms with Crippen LogP contribution in [-0.2, 0) is 4.79 Å². The molecule has 1 heterocycles. The second-order valence-corrected chi connectivity index (χ2v) is 5.81. The number of aliphatic hydroxyl groups is 1. The topological polar surface area (TPSA) is 110 Å². The molecular weight excluding hydrogens is 286 g/mol. The summed E-state index contributed by atoms with van der Waals surface area (Å²) in [5.74, 6) is -0.0744. The van der Waals surface area contributed by atoms with Gasteiger partial charge in [0.25, 0.3) is 5.69 Å². The van der Waals surface area contributed by atoms with Gasteiger partial charge in [-0.25, -0.2) is 0 Å². The van der Waals surface area contributed by atoms with Crippen LogP contribution in [0.2, 0.25) is 0 Å². The van der Waals surface area contributed by atoms with Crippen molar-refractivity contribution in [2.24, 2.45) is 11.7 Å². The number of rotatable bonds is 6. The molecule has 1 amide bonds. The normalized spacial score (nSPS) is 20.5. The lowest BCUT2D eigenvalue weighted by Crippen LogP contribution is -2.39. The Morgan fingerprint density at radius 3 is 3.00 bits per heavy atom. The smallest absolute Gasteiger partial charge is 0.269 e. The zero-order valence-corrected chi connectivity index (χ0v) is 12.4. The van der Waals surface area contributed by atoms with E-state index in [2.05, 4.69) is 4.90 Å². The number of nitro groups is 1. The van der Waals surface area contributed by atoms with Crippen LogP contribution in [0.3, 0.4) is 0 Å². The van der Waals surface area contributed by atoms with E-state index in [1.54, 1.807) is 12.1 Å². The van der Waals surface area contributed by atoms with Crippen LogP contribution >= 0.6 is 0 Å². The summed E-state index contributed by atoms with van der Waals surface area (Å²) < 4.78 is 0. The fourth-order valence-corrected chi connectivity index (χ4v) is 2.96. The van der Waals surface area contributed by atoms with Gasteiger partial charge in [0.1, 0.15) is 0 Å². The number of aliphatic hydroxyl groups excluding tert-OH is 1. The monoisotopic (exact) mass is 307 g/mol. The van der Waals surface area contributed by atoms with E-state index in [0.29, 0.717) is 18.5 Å². The van der Waals surface area contributed by atoms with Gasteiger partial charge >= 0.3 is 0 Å². The second-order valence-electron chi connectivity index (χ2n) is 5.81. The average molecular weight is 307 g/mol. The number of nitrogens with two attached hydrogens (primary N) is 1.